The summed E-state index contributed by atoms with van der Waals surface area (Å²) in [5, 5.41) is 3.27. The van der Waals surface area contributed by atoms with E-state index in [1.807, 2.05) is 24.3 Å². The van der Waals surface area contributed by atoms with Crippen molar-refractivity contribution in [3.63, 3.8) is 0 Å². The normalized spacial score (nSPS) is 13.5. The van der Waals surface area contributed by atoms with E-state index in [4.69, 9.17) is 10.5 Å². The highest BCUT2D eigenvalue weighted by atomic mass is 16.5. The summed E-state index contributed by atoms with van der Waals surface area (Å²) in [4.78, 5) is 15.8. The molecule has 7 nitrogen and oxygen atoms in total. The Bertz CT molecular complexity index is 802. The number of hydrogen-bond donors (Lipinski definition) is 2. The van der Waals surface area contributed by atoms with Crippen molar-refractivity contribution in [3.05, 3.63) is 41.1 Å². The van der Waals surface area contributed by atoms with Gasteiger partial charge in [0.1, 0.15) is 6.61 Å². The van der Waals surface area contributed by atoms with Gasteiger partial charge in [-0.25, -0.2) is 4.98 Å². The Balaban J connectivity index is 0.000000297. The van der Waals surface area contributed by atoms with Crippen LogP contribution in [0.5, 0.6) is 5.88 Å². The Kier molecular flexibility index (Phi) is 10.1. The van der Waals surface area contributed by atoms with Gasteiger partial charge in [0.2, 0.25) is 11.8 Å². The van der Waals surface area contributed by atoms with Crippen LogP contribution in [0.4, 0.5) is 11.6 Å². The van der Waals surface area contributed by atoms with Gasteiger partial charge in [-0.3, -0.25) is 4.99 Å². The Morgan fingerprint density at radius 1 is 1.03 bits per heavy atom. The summed E-state index contributed by atoms with van der Waals surface area (Å²) in [6.45, 7) is 13.4. The van der Waals surface area contributed by atoms with Crippen LogP contribution in [0.3, 0.4) is 0 Å². The van der Waals surface area contributed by atoms with Gasteiger partial charge in [-0.2, -0.15) is 4.98 Å². The molecule has 30 heavy (non-hydrogen) atoms. The molecule has 0 saturated carbocycles. The summed E-state index contributed by atoms with van der Waals surface area (Å²) in [6, 6.07) is 7.79. The second-order valence-electron chi connectivity index (χ2n) is 7.40. The van der Waals surface area contributed by atoms with Crippen LogP contribution in [0.25, 0.3) is 0 Å². The quantitative estimate of drug-likeness (QED) is 0.732. The summed E-state index contributed by atoms with van der Waals surface area (Å²) in [5.74, 6) is 1.37. The standard InChI is InChI=1S/C15H25N5O.C8H11N/c1-3-8-20(9-4-2)15-18-13-11-14(19-15)21-10-7-16-5-6-17-12-13;1-6-3-4-8(9)5-7(6)2/h11-12,16H,3-10H2,1-2H3;3-5H,9H2,1-2H3. The fourth-order valence-corrected chi connectivity index (χ4v) is 2.98. The molecule has 2 bridgehead atoms. The number of nitrogens with one attached hydrogen (secondary N) is 1. The van der Waals surface area contributed by atoms with E-state index < -0.39 is 0 Å². The molecule has 7 heteroatoms. The molecule has 0 amide bonds. The Labute approximate surface area is 180 Å². The number of aliphatic imine (C=N–C) groups is 1. The number of aromatic nitrogens is 2. The molecule has 0 fully saturated rings. The SMILES string of the molecule is CCCN(CCC)c1nc2cc(n1)OCCNCCN=C2.Cc1ccc(N)cc1C. The molecule has 1 aromatic carbocycles. The number of benzene rings is 1. The second kappa shape index (κ2) is 12.8. The van der Waals surface area contributed by atoms with Crippen molar-refractivity contribution >= 4 is 17.9 Å². The largest absolute Gasteiger partial charge is 0.476 e. The molecule has 1 aromatic heterocycles. The van der Waals surface area contributed by atoms with Gasteiger partial charge < -0.3 is 20.7 Å². The van der Waals surface area contributed by atoms with Crippen molar-refractivity contribution < 1.29 is 4.74 Å². The monoisotopic (exact) mass is 412 g/mol. The Morgan fingerprint density at radius 3 is 2.47 bits per heavy atom. The van der Waals surface area contributed by atoms with Gasteiger partial charge in [0, 0.05) is 44.1 Å². The van der Waals surface area contributed by atoms with Crippen LogP contribution in [0, 0.1) is 13.8 Å². The van der Waals surface area contributed by atoms with Crippen LogP contribution in [0.2, 0.25) is 0 Å². The third-order valence-corrected chi connectivity index (χ3v) is 4.68. The molecule has 0 atom stereocenters. The lowest BCUT2D eigenvalue weighted by Gasteiger charge is -2.22. The highest BCUT2D eigenvalue weighted by molar-refractivity contribution is 5.78. The van der Waals surface area contributed by atoms with Gasteiger partial charge in [0.25, 0.3) is 0 Å². The van der Waals surface area contributed by atoms with Crippen molar-refractivity contribution in [3.8, 4) is 5.88 Å². The maximum atomic E-state index is 5.72. The summed E-state index contributed by atoms with van der Waals surface area (Å²) >= 11 is 0. The van der Waals surface area contributed by atoms with Gasteiger partial charge in [-0.05, 0) is 49.9 Å². The minimum Gasteiger partial charge on any atom is -0.476 e. The van der Waals surface area contributed by atoms with E-state index in [1.165, 1.54) is 11.1 Å². The number of ether oxygens (including phenoxy) is 1. The maximum absolute atomic E-state index is 5.72. The predicted molar refractivity (Wildman–Crippen MR) is 126 cm³/mol. The maximum Gasteiger partial charge on any atom is 0.229 e. The lowest BCUT2D eigenvalue weighted by atomic mass is 10.1. The first-order valence-corrected chi connectivity index (χ1v) is 10.8. The summed E-state index contributed by atoms with van der Waals surface area (Å²) in [6.07, 6.45) is 3.95. The molecule has 0 radical (unpaired) electrons. The molecule has 2 aromatic rings. The minimum absolute atomic E-state index is 0.609. The first kappa shape index (κ1) is 23.6. The van der Waals surface area contributed by atoms with E-state index >= 15 is 0 Å². The molecule has 0 aliphatic carbocycles. The highest BCUT2D eigenvalue weighted by Gasteiger charge is 2.12. The molecule has 2 heterocycles. The van der Waals surface area contributed by atoms with Gasteiger partial charge in [-0.15, -0.1) is 0 Å². The smallest absolute Gasteiger partial charge is 0.229 e. The second-order valence-corrected chi connectivity index (χ2v) is 7.40. The number of hydrogen-bond acceptors (Lipinski definition) is 7. The minimum atomic E-state index is 0.609. The van der Waals surface area contributed by atoms with E-state index in [9.17, 15) is 0 Å². The first-order valence-electron chi connectivity index (χ1n) is 10.8. The van der Waals surface area contributed by atoms with Crippen molar-refractivity contribution in [1.29, 1.82) is 0 Å². The first-order chi connectivity index (χ1) is 14.5. The van der Waals surface area contributed by atoms with E-state index in [-0.39, 0.29) is 0 Å². The van der Waals surface area contributed by atoms with Crippen LogP contribution >= 0.6 is 0 Å². The molecular formula is C23H36N6O. The number of fused-ring (bicyclic) bond motifs is 2. The van der Waals surface area contributed by atoms with E-state index in [2.05, 4.69) is 52.9 Å². The molecule has 3 rings (SSSR count). The molecular weight excluding hydrogens is 376 g/mol. The lowest BCUT2D eigenvalue weighted by Crippen LogP contribution is -2.27. The number of nitrogen functional groups attached to an aromatic ring is 1. The fraction of sp³-hybridized carbons (Fsp3) is 0.522. The average molecular weight is 413 g/mol. The van der Waals surface area contributed by atoms with Crippen LogP contribution in [-0.4, -0.2) is 55.5 Å². The molecule has 0 saturated heterocycles. The number of aryl methyl sites for hydroxylation is 2. The third-order valence-electron chi connectivity index (χ3n) is 4.68. The van der Waals surface area contributed by atoms with E-state index in [1.54, 1.807) is 6.21 Å². The molecule has 1 aliphatic rings. The number of nitrogens with zero attached hydrogens (tertiary/aromatic N) is 4. The van der Waals surface area contributed by atoms with Gasteiger partial charge in [0.15, 0.2) is 0 Å². The Morgan fingerprint density at radius 2 is 1.80 bits per heavy atom. The number of rotatable bonds is 5. The Hall–Kier alpha value is -2.67. The molecule has 3 N–H and O–H groups in total. The molecule has 0 unspecified atom stereocenters. The molecule has 164 valence electrons. The summed E-state index contributed by atoms with van der Waals surface area (Å²) in [7, 11) is 0. The zero-order valence-electron chi connectivity index (χ0n) is 18.8. The van der Waals surface area contributed by atoms with E-state index in [0.29, 0.717) is 12.5 Å². The zero-order valence-corrected chi connectivity index (χ0v) is 18.8. The zero-order chi connectivity index (χ0) is 21.8. The van der Waals surface area contributed by atoms with Gasteiger partial charge >= 0.3 is 0 Å². The summed E-state index contributed by atoms with van der Waals surface area (Å²) in [5.41, 5.74) is 9.74. The number of nitrogens with two attached hydrogens (primary N) is 1. The highest BCUT2D eigenvalue weighted by Crippen LogP contribution is 2.16. The van der Waals surface area contributed by atoms with Crippen LogP contribution in [-0.2, 0) is 0 Å². The number of anilines is 2. The third kappa shape index (κ3) is 7.99. The van der Waals surface area contributed by atoms with Crippen molar-refractivity contribution in [1.82, 2.24) is 15.3 Å². The van der Waals surface area contributed by atoms with Crippen LogP contribution in [0.15, 0.2) is 29.3 Å². The topological polar surface area (TPSA) is 88.7 Å². The summed E-state index contributed by atoms with van der Waals surface area (Å²) < 4.78 is 5.72. The predicted octanol–water partition coefficient (Wildman–Crippen LogP) is 3.39. The van der Waals surface area contributed by atoms with Crippen LogP contribution in [0.1, 0.15) is 43.5 Å². The van der Waals surface area contributed by atoms with Crippen molar-refractivity contribution in [2.45, 2.75) is 40.5 Å². The molecule has 1 aliphatic heterocycles. The van der Waals surface area contributed by atoms with Gasteiger partial charge in [0.05, 0.1) is 12.2 Å². The lowest BCUT2D eigenvalue weighted by molar-refractivity contribution is 0.303. The van der Waals surface area contributed by atoms with E-state index in [0.717, 1.165) is 62.9 Å². The average Bonchev–Trinajstić information content (AvgIpc) is 2.76. The fourth-order valence-electron chi connectivity index (χ4n) is 2.98. The van der Waals surface area contributed by atoms with Crippen molar-refractivity contribution in [2.24, 2.45) is 4.99 Å². The molecule has 0 spiro atoms. The van der Waals surface area contributed by atoms with Crippen molar-refractivity contribution in [2.75, 3.05) is 50.0 Å². The van der Waals surface area contributed by atoms with Gasteiger partial charge in [-0.1, -0.05) is 19.9 Å². The van der Waals surface area contributed by atoms with Crippen LogP contribution < -0.4 is 20.7 Å².